The third-order valence-electron chi connectivity index (χ3n) is 3.39. The minimum atomic E-state index is -0.148. The number of rotatable bonds is 9. The van der Waals surface area contributed by atoms with Crippen LogP contribution in [0, 0.1) is 5.92 Å². The Morgan fingerprint density at radius 2 is 2.22 bits per heavy atom. The van der Waals surface area contributed by atoms with E-state index in [0.29, 0.717) is 6.54 Å². The normalized spacial score (nSPS) is 21.4. The van der Waals surface area contributed by atoms with E-state index in [1.165, 1.54) is 12.8 Å². The molecular weight excluding hydrogens is 232 g/mol. The molecule has 0 aromatic heterocycles. The largest absolute Gasteiger partial charge is 0.381 e. The number of amides is 1. The number of carbonyl (C=O) groups excluding carboxylic acids is 1. The molecule has 5 nitrogen and oxygen atoms in total. The van der Waals surface area contributed by atoms with Gasteiger partial charge in [-0.05, 0) is 32.1 Å². The summed E-state index contributed by atoms with van der Waals surface area (Å²) in [7, 11) is 0. The Morgan fingerprint density at radius 1 is 1.44 bits per heavy atom. The Labute approximate surface area is 109 Å². The van der Waals surface area contributed by atoms with E-state index < -0.39 is 0 Å². The van der Waals surface area contributed by atoms with Crippen LogP contribution in [-0.2, 0) is 14.3 Å². The number of hydrogen-bond donors (Lipinski definition) is 2. The molecular formula is C13H24N2O3. The van der Waals surface area contributed by atoms with Crippen molar-refractivity contribution in [1.82, 2.24) is 10.6 Å². The van der Waals surface area contributed by atoms with Crippen LogP contribution in [0.4, 0.5) is 0 Å². The van der Waals surface area contributed by atoms with Gasteiger partial charge in [-0.15, -0.1) is 0 Å². The maximum Gasteiger partial charge on any atom is 0.246 e. The zero-order valence-electron chi connectivity index (χ0n) is 11.2. The molecule has 1 aliphatic carbocycles. The van der Waals surface area contributed by atoms with Crippen molar-refractivity contribution in [2.24, 2.45) is 5.92 Å². The lowest BCUT2D eigenvalue weighted by Gasteiger charge is -2.38. The molecule has 1 amide bonds. The van der Waals surface area contributed by atoms with E-state index in [1.807, 2.05) is 6.92 Å². The molecule has 2 fully saturated rings. The SMILES string of the molecule is CC1(OCC(=O)NCCCOCC2CC2)CNC1. The minimum absolute atomic E-state index is 0.0367. The highest BCUT2D eigenvalue weighted by molar-refractivity contribution is 5.77. The van der Waals surface area contributed by atoms with Crippen molar-refractivity contribution in [3.8, 4) is 0 Å². The molecule has 0 spiro atoms. The van der Waals surface area contributed by atoms with E-state index in [1.54, 1.807) is 0 Å². The van der Waals surface area contributed by atoms with Gasteiger partial charge in [-0.1, -0.05) is 0 Å². The molecule has 2 aliphatic rings. The second-order valence-electron chi connectivity index (χ2n) is 5.56. The van der Waals surface area contributed by atoms with Gasteiger partial charge >= 0.3 is 0 Å². The van der Waals surface area contributed by atoms with Gasteiger partial charge in [0.2, 0.25) is 5.91 Å². The Morgan fingerprint density at radius 3 is 2.83 bits per heavy atom. The van der Waals surface area contributed by atoms with E-state index in [4.69, 9.17) is 9.47 Å². The molecule has 5 heteroatoms. The summed E-state index contributed by atoms with van der Waals surface area (Å²) in [5, 5.41) is 5.98. The van der Waals surface area contributed by atoms with Crippen LogP contribution in [0.25, 0.3) is 0 Å². The topological polar surface area (TPSA) is 59.6 Å². The summed E-state index contributed by atoms with van der Waals surface area (Å²) in [4.78, 5) is 11.5. The van der Waals surface area contributed by atoms with Gasteiger partial charge in [0.25, 0.3) is 0 Å². The van der Waals surface area contributed by atoms with Crippen LogP contribution in [0.2, 0.25) is 0 Å². The van der Waals surface area contributed by atoms with Gasteiger partial charge < -0.3 is 20.1 Å². The van der Waals surface area contributed by atoms with Crippen molar-refractivity contribution in [3.05, 3.63) is 0 Å². The van der Waals surface area contributed by atoms with E-state index in [-0.39, 0.29) is 18.1 Å². The number of hydrogen-bond acceptors (Lipinski definition) is 4. The van der Waals surface area contributed by atoms with Crippen molar-refractivity contribution in [2.75, 3.05) is 39.5 Å². The fourth-order valence-corrected chi connectivity index (χ4v) is 1.81. The lowest BCUT2D eigenvalue weighted by Crippen LogP contribution is -2.59. The molecule has 1 heterocycles. The van der Waals surface area contributed by atoms with Crippen LogP contribution < -0.4 is 10.6 Å². The van der Waals surface area contributed by atoms with Gasteiger partial charge in [0, 0.05) is 32.8 Å². The first-order chi connectivity index (χ1) is 8.68. The second-order valence-corrected chi connectivity index (χ2v) is 5.56. The molecule has 104 valence electrons. The summed E-state index contributed by atoms with van der Waals surface area (Å²) in [5.41, 5.74) is -0.148. The molecule has 0 aromatic rings. The zero-order valence-corrected chi connectivity index (χ0v) is 11.2. The van der Waals surface area contributed by atoms with Crippen LogP contribution >= 0.6 is 0 Å². The Hall–Kier alpha value is -0.650. The summed E-state index contributed by atoms with van der Waals surface area (Å²) < 4.78 is 11.0. The average Bonchev–Trinajstić information content (AvgIpc) is 3.12. The molecule has 18 heavy (non-hydrogen) atoms. The molecule has 0 bridgehead atoms. The van der Waals surface area contributed by atoms with Crippen molar-refractivity contribution < 1.29 is 14.3 Å². The fourth-order valence-electron chi connectivity index (χ4n) is 1.81. The maximum absolute atomic E-state index is 11.5. The molecule has 1 aliphatic heterocycles. The number of nitrogens with one attached hydrogen (secondary N) is 2. The summed E-state index contributed by atoms with van der Waals surface area (Å²) in [6, 6.07) is 0. The summed E-state index contributed by atoms with van der Waals surface area (Å²) in [5.74, 6) is 0.773. The lowest BCUT2D eigenvalue weighted by molar-refractivity contribution is -0.135. The third kappa shape index (κ3) is 4.92. The number of ether oxygens (including phenoxy) is 2. The molecule has 1 saturated heterocycles. The predicted molar refractivity (Wildman–Crippen MR) is 68.4 cm³/mol. The highest BCUT2D eigenvalue weighted by Gasteiger charge is 2.32. The Kier molecular flexibility index (Phi) is 4.97. The predicted octanol–water partition coefficient (Wildman–Crippen LogP) is 0.298. The highest BCUT2D eigenvalue weighted by atomic mass is 16.5. The zero-order chi connectivity index (χ0) is 12.8. The van der Waals surface area contributed by atoms with Crippen molar-refractivity contribution in [1.29, 1.82) is 0 Å². The van der Waals surface area contributed by atoms with Gasteiger partial charge in [0.1, 0.15) is 6.61 Å². The molecule has 2 rings (SSSR count). The highest BCUT2D eigenvalue weighted by Crippen LogP contribution is 2.28. The van der Waals surface area contributed by atoms with E-state index >= 15 is 0 Å². The Balaban J connectivity index is 1.39. The van der Waals surface area contributed by atoms with Crippen molar-refractivity contribution in [3.63, 3.8) is 0 Å². The van der Waals surface area contributed by atoms with Gasteiger partial charge in [-0.3, -0.25) is 4.79 Å². The first kappa shape index (κ1) is 13.8. The monoisotopic (exact) mass is 256 g/mol. The smallest absolute Gasteiger partial charge is 0.246 e. The van der Waals surface area contributed by atoms with Gasteiger partial charge in [0.05, 0.1) is 5.60 Å². The molecule has 0 unspecified atom stereocenters. The van der Waals surface area contributed by atoms with E-state index in [0.717, 1.165) is 38.6 Å². The van der Waals surface area contributed by atoms with Crippen molar-refractivity contribution in [2.45, 2.75) is 31.8 Å². The lowest BCUT2D eigenvalue weighted by atomic mass is 10.0. The molecule has 0 atom stereocenters. The molecule has 2 N–H and O–H groups in total. The summed E-state index contributed by atoms with van der Waals surface area (Å²) >= 11 is 0. The molecule has 0 aromatic carbocycles. The van der Waals surface area contributed by atoms with Gasteiger partial charge in [0.15, 0.2) is 0 Å². The van der Waals surface area contributed by atoms with Crippen LogP contribution in [-0.4, -0.2) is 51.0 Å². The number of carbonyl (C=O) groups is 1. The minimum Gasteiger partial charge on any atom is -0.381 e. The second kappa shape index (κ2) is 6.50. The van der Waals surface area contributed by atoms with Gasteiger partial charge in [-0.25, -0.2) is 0 Å². The van der Waals surface area contributed by atoms with E-state index in [2.05, 4.69) is 10.6 Å². The maximum atomic E-state index is 11.5. The fraction of sp³-hybridized carbons (Fsp3) is 0.923. The molecule has 0 radical (unpaired) electrons. The molecule has 1 saturated carbocycles. The van der Waals surface area contributed by atoms with Crippen LogP contribution in [0.1, 0.15) is 26.2 Å². The van der Waals surface area contributed by atoms with Gasteiger partial charge in [-0.2, -0.15) is 0 Å². The Bertz CT molecular complexity index is 275. The van der Waals surface area contributed by atoms with E-state index in [9.17, 15) is 4.79 Å². The van der Waals surface area contributed by atoms with Crippen LogP contribution in [0.3, 0.4) is 0 Å². The third-order valence-corrected chi connectivity index (χ3v) is 3.39. The summed E-state index contributed by atoms with van der Waals surface area (Å²) in [6.07, 6.45) is 3.51. The summed E-state index contributed by atoms with van der Waals surface area (Å²) in [6.45, 7) is 6.12. The van der Waals surface area contributed by atoms with Crippen LogP contribution in [0.15, 0.2) is 0 Å². The first-order valence-corrected chi connectivity index (χ1v) is 6.87. The quantitative estimate of drug-likeness (QED) is 0.582. The standard InChI is InChI=1S/C13H24N2O3/c1-13(9-14-10-13)18-8-12(16)15-5-2-6-17-7-11-3-4-11/h11,14H,2-10H2,1H3,(H,15,16). The van der Waals surface area contributed by atoms with Crippen LogP contribution in [0.5, 0.6) is 0 Å². The average molecular weight is 256 g/mol. The van der Waals surface area contributed by atoms with Crippen molar-refractivity contribution >= 4 is 5.91 Å². The first-order valence-electron chi connectivity index (χ1n) is 6.87.